The molecule has 0 saturated heterocycles. The van der Waals surface area contributed by atoms with Crippen LogP contribution in [0.5, 0.6) is 0 Å². The van der Waals surface area contributed by atoms with Crippen molar-refractivity contribution in [3.63, 3.8) is 0 Å². The van der Waals surface area contributed by atoms with Gasteiger partial charge in [-0.15, -0.1) is 0 Å². The maximum absolute atomic E-state index is 12.4. The van der Waals surface area contributed by atoms with Crippen LogP contribution in [0.15, 0.2) is 18.2 Å². The first-order valence-corrected chi connectivity index (χ1v) is 8.56. The molecule has 23 heavy (non-hydrogen) atoms. The second-order valence-corrected chi connectivity index (χ2v) is 8.73. The molecule has 3 rings (SSSR count). The largest absolute Gasteiger partial charge is 0.388 e. The molecule has 0 spiro atoms. The van der Waals surface area contributed by atoms with E-state index in [1.807, 2.05) is 26.0 Å². The fourth-order valence-corrected chi connectivity index (χ4v) is 4.83. The normalized spacial score (nSPS) is 33.1. The number of Topliss-reactive ketones (excluding diaryl/α,β-unsaturated/α-hetero) is 1. The molecule has 0 heterocycles. The van der Waals surface area contributed by atoms with Gasteiger partial charge in [-0.25, -0.2) is 0 Å². The van der Waals surface area contributed by atoms with Gasteiger partial charge in [-0.1, -0.05) is 39.0 Å². The van der Waals surface area contributed by atoms with E-state index in [0.717, 1.165) is 23.1 Å². The van der Waals surface area contributed by atoms with E-state index in [1.54, 1.807) is 13.8 Å². The van der Waals surface area contributed by atoms with Gasteiger partial charge in [0.05, 0.1) is 11.7 Å². The van der Waals surface area contributed by atoms with Crippen LogP contribution in [-0.4, -0.2) is 16.0 Å². The quantitative estimate of drug-likeness (QED) is 0.832. The minimum absolute atomic E-state index is 0.0932. The molecule has 3 nitrogen and oxygen atoms in total. The second-order valence-electron chi connectivity index (χ2n) is 8.73. The van der Waals surface area contributed by atoms with Crippen LogP contribution in [-0.2, 0) is 15.8 Å². The SMILES string of the molecule is CC(C)(O)c1ccc2c(c1)C(O)CC1C(C)(C)C(=O)CCC21C. The molecule has 3 atom stereocenters. The maximum Gasteiger partial charge on any atom is 0.138 e. The Balaban J connectivity index is 2.15. The number of hydrogen-bond acceptors (Lipinski definition) is 3. The highest BCUT2D eigenvalue weighted by molar-refractivity contribution is 5.86. The predicted octanol–water partition coefficient (Wildman–Crippen LogP) is 3.61. The molecule has 0 bridgehead atoms. The summed E-state index contributed by atoms with van der Waals surface area (Å²) >= 11 is 0. The van der Waals surface area contributed by atoms with Crippen LogP contribution in [0, 0.1) is 11.3 Å². The Bertz CT molecular complexity index is 653. The van der Waals surface area contributed by atoms with Crippen LogP contribution in [0.1, 0.15) is 76.7 Å². The fourth-order valence-electron chi connectivity index (χ4n) is 4.83. The Kier molecular flexibility index (Phi) is 3.55. The number of rotatable bonds is 1. The summed E-state index contributed by atoms with van der Waals surface area (Å²) in [4.78, 5) is 12.4. The van der Waals surface area contributed by atoms with Gasteiger partial charge < -0.3 is 10.2 Å². The number of aliphatic hydroxyl groups is 2. The lowest BCUT2D eigenvalue weighted by Crippen LogP contribution is -2.52. The standard InChI is InChI=1S/C20H28O3/c1-18(2)16-11-15(21)13-10-12(19(3,4)23)6-7-14(13)20(16,5)9-8-17(18)22/h6-7,10,15-16,21,23H,8-9,11H2,1-5H3. The van der Waals surface area contributed by atoms with Gasteiger partial charge in [0.2, 0.25) is 0 Å². The zero-order chi connectivity index (χ0) is 17.2. The first kappa shape index (κ1) is 16.7. The number of carbonyl (C=O) groups excluding carboxylic acids is 1. The first-order valence-electron chi connectivity index (χ1n) is 8.56. The fraction of sp³-hybridized carbons (Fsp3) is 0.650. The highest BCUT2D eigenvalue weighted by Crippen LogP contribution is 2.58. The summed E-state index contributed by atoms with van der Waals surface area (Å²) < 4.78 is 0. The summed E-state index contributed by atoms with van der Waals surface area (Å²) in [6.07, 6.45) is 1.47. The number of benzene rings is 1. The van der Waals surface area contributed by atoms with Crippen molar-refractivity contribution in [1.82, 2.24) is 0 Å². The molecule has 2 N–H and O–H groups in total. The Hall–Kier alpha value is -1.19. The van der Waals surface area contributed by atoms with Crippen LogP contribution in [0.2, 0.25) is 0 Å². The Morgan fingerprint density at radius 3 is 2.48 bits per heavy atom. The minimum Gasteiger partial charge on any atom is -0.388 e. The number of aliphatic hydroxyl groups excluding tert-OH is 1. The average molecular weight is 316 g/mol. The number of ketones is 1. The molecule has 126 valence electrons. The van der Waals surface area contributed by atoms with Crippen molar-refractivity contribution in [2.24, 2.45) is 11.3 Å². The molecular weight excluding hydrogens is 288 g/mol. The molecule has 0 amide bonds. The van der Waals surface area contributed by atoms with Gasteiger partial charge in [0.15, 0.2) is 0 Å². The topological polar surface area (TPSA) is 57.5 Å². The zero-order valence-corrected chi connectivity index (χ0v) is 14.8. The van der Waals surface area contributed by atoms with Crippen molar-refractivity contribution in [3.05, 3.63) is 34.9 Å². The third-order valence-electron chi connectivity index (χ3n) is 6.42. The highest BCUT2D eigenvalue weighted by atomic mass is 16.3. The Labute approximate surface area is 138 Å². The summed E-state index contributed by atoms with van der Waals surface area (Å²) in [5.41, 5.74) is 1.48. The van der Waals surface area contributed by atoms with E-state index in [9.17, 15) is 15.0 Å². The van der Waals surface area contributed by atoms with Crippen molar-refractivity contribution < 1.29 is 15.0 Å². The lowest BCUT2D eigenvalue weighted by Gasteiger charge is -2.54. The van der Waals surface area contributed by atoms with E-state index < -0.39 is 17.1 Å². The third-order valence-corrected chi connectivity index (χ3v) is 6.42. The molecular formula is C20H28O3. The molecule has 0 aliphatic heterocycles. The van der Waals surface area contributed by atoms with E-state index >= 15 is 0 Å². The Morgan fingerprint density at radius 2 is 1.87 bits per heavy atom. The van der Waals surface area contributed by atoms with Crippen LogP contribution >= 0.6 is 0 Å². The third kappa shape index (κ3) is 2.36. The van der Waals surface area contributed by atoms with Crippen LogP contribution in [0.25, 0.3) is 0 Å². The van der Waals surface area contributed by atoms with Crippen molar-refractivity contribution in [3.8, 4) is 0 Å². The van der Waals surface area contributed by atoms with Gasteiger partial charge >= 0.3 is 0 Å². The monoisotopic (exact) mass is 316 g/mol. The molecule has 0 aromatic heterocycles. The number of hydrogen-bond donors (Lipinski definition) is 2. The molecule has 3 heteroatoms. The molecule has 0 radical (unpaired) electrons. The van der Waals surface area contributed by atoms with Gasteiger partial charge in [0, 0.05) is 11.8 Å². The predicted molar refractivity (Wildman–Crippen MR) is 90.1 cm³/mol. The van der Waals surface area contributed by atoms with Gasteiger partial charge in [0.1, 0.15) is 5.78 Å². The van der Waals surface area contributed by atoms with Gasteiger partial charge in [-0.05, 0) is 54.7 Å². The van der Waals surface area contributed by atoms with E-state index in [4.69, 9.17) is 0 Å². The lowest BCUT2D eigenvalue weighted by atomic mass is 9.49. The van der Waals surface area contributed by atoms with Crippen LogP contribution < -0.4 is 0 Å². The highest BCUT2D eigenvalue weighted by Gasteiger charge is 2.55. The molecule has 1 saturated carbocycles. The van der Waals surface area contributed by atoms with Crippen LogP contribution in [0.3, 0.4) is 0 Å². The van der Waals surface area contributed by atoms with E-state index in [1.165, 1.54) is 0 Å². The minimum atomic E-state index is -0.922. The summed E-state index contributed by atoms with van der Waals surface area (Å²) in [6, 6.07) is 5.97. The summed E-state index contributed by atoms with van der Waals surface area (Å²) in [6.45, 7) is 9.81. The Morgan fingerprint density at radius 1 is 1.22 bits per heavy atom. The van der Waals surface area contributed by atoms with Crippen LogP contribution in [0.4, 0.5) is 0 Å². The van der Waals surface area contributed by atoms with E-state index in [2.05, 4.69) is 13.0 Å². The van der Waals surface area contributed by atoms with E-state index in [0.29, 0.717) is 18.6 Å². The maximum atomic E-state index is 12.4. The summed E-state index contributed by atoms with van der Waals surface area (Å²) in [5.74, 6) is 0.454. The van der Waals surface area contributed by atoms with E-state index in [-0.39, 0.29) is 11.3 Å². The van der Waals surface area contributed by atoms with Gasteiger partial charge in [-0.3, -0.25) is 4.79 Å². The molecule has 1 aromatic rings. The lowest BCUT2D eigenvalue weighted by molar-refractivity contribution is -0.138. The van der Waals surface area contributed by atoms with Crippen molar-refractivity contribution in [1.29, 1.82) is 0 Å². The van der Waals surface area contributed by atoms with Crippen molar-refractivity contribution in [2.45, 2.75) is 71.0 Å². The van der Waals surface area contributed by atoms with Gasteiger partial charge in [0.25, 0.3) is 0 Å². The number of fused-ring (bicyclic) bond motifs is 3. The first-order chi connectivity index (χ1) is 10.5. The summed E-state index contributed by atoms with van der Waals surface area (Å²) in [7, 11) is 0. The van der Waals surface area contributed by atoms with Crippen molar-refractivity contribution in [2.75, 3.05) is 0 Å². The smallest absolute Gasteiger partial charge is 0.138 e. The molecule has 1 fully saturated rings. The second kappa shape index (κ2) is 4.90. The molecule has 2 aliphatic rings. The number of carbonyl (C=O) groups is 1. The zero-order valence-electron chi connectivity index (χ0n) is 14.8. The van der Waals surface area contributed by atoms with Gasteiger partial charge in [-0.2, -0.15) is 0 Å². The molecule has 1 aromatic carbocycles. The molecule has 3 unspecified atom stereocenters. The average Bonchev–Trinajstić information content (AvgIpc) is 2.46. The van der Waals surface area contributed by atoms with Crippen molar-refractivity contribution >= 4 is 5.78 Å². The molecule has 2 aliphatic carbocycles. The summed E-state index contributed by atoms with van der Waals surface area (Å²) in [5, 5.41) is 21.0.